The number of nitrogens with zero attached hydrogens (tertiary/aromatic N) is 1. The molecule has 1 rings (SSSR count). The second kappa shape index (κ2) is 7.13. The molecule has 0 saturated heterocycles. The molecule has 0 radical (unpaired) electrons. The average molecular weight is 245 g/mol. The monoisotopic (exact) mass is 245 g/mol. The van der Waals surface area contributed by atoms with E-state index < -0.39 is 11.9 Å². The van der Waals surface area contributed by atoms with Gasteiger partial charge in [-0.2, -0.15) is 0 Å². The molecular weight excluding hydrogens is 230 g/mol. The molecule has 18 heavy (non-hydrogen) atoms. The number of rotatable bonds is 3. The fraction of sp³-hybridized carbons (Fsp3) is 0.286. The molecule has 94 valence electrons. The Bertz CT molecular complexity index is 471. The Labute approximate surface area is 107 Å². The minimum Gasteiger partial charge on any atom is -0.465 e. The number of amides is 1. The molecular formula is C14H15NO3. The van der Waals surface area contributed by atoms with Crippen LogP contribution in [0.3, 0.4) is 0 Å². The van der Waals surface area contributed by atoms with E-state index >= 15 is 0 Å². The summed E-state index contributed by atoms with van der Waals surface area (Å²) in [5.41, 5.74) is 0.760. The Balaban J connectivity index is 2.55. The molecule has 0 aliphatic heterocycles. The molecule has 0 heterocycles. The van der Waals surface area contributed by atoms with Crippen molar-refractivity contribution in [3.63, 3.8) is 0 Å². The summed E-state index contributed by atoms with van der Waals surface area (Å²) < 4.78 is 4.74. The number of hydrogen-bond donors (Lipinski definition) is 0. The van der Waals surface area contributed by atoms with Crippen molar-refractivity contribution in [1.29, 1.82) is 0 Å². The number of carbonyl (C=O) groups excluding carboxylic acids is 2. The van der Waals surface area contributed by atoms with Crippen LogP contribution in [-0.4, -0.2) is 37.0 Å². The highest BCUT2D eigenvalue weighted by Crippen LogP contribution is 1.95. The van der Waals surface area contributed by atoms with E-state index in [4.69, 9.17) is 4.74 Å². The van der Waals surface area contributed by atoms with E-state index in [1.807, 2.05) is 30.3 Å². The van der Waals surface area contributed by atoms with E-state index in [2.05, 4.69) is 11.8 Å². The van der Waals surface area contributed by atoms with E-state index in [1.165, 1.54) is 11.9 Å². The van der Waals surface area contributed by atoms with Gasteiger partial charge in [0.2, 0.25) is 0 Å². The quantitative estimate of drug-likeness (QED) is 0.591. The van der Waals surface area contributed by atoms with E-state index in [1.54, 1.807) is 6.92 Å². The molecule has 0 bridgehead atoms. The van der Waals surface area contributed by atoms with Gasteiger partial charge < -0.3 is 9.64 Å². The molecule has 0 saturated carbocycles. The Kier molecular flexibility index (Phi) is 5.46. The second-order valence-electron chi connectivity index (χ2n) is 3.58. The predicted molar refractivity (Wildman–Crippen MR) is 67.6 cm³/mol. The average Bonchev–Trinajstić information content (AvgIpc) is 2.37. The van der Waals surface area contributed by atoms with Crippen LogP contribution in [0.5, 0.6) is 0 Å². The van der Waals surface area contributed by atoms with Crippen LogP contribution in [-0.2, 0) is 14.3 Å². The van der Waals surface area contributed by atoms with Crippen LogP contribution in [0.2, 0.25) is 0 Å². The molecule has 0 spiro atoms. The number of ether oxygens (including phenoxy) is 1. The van der Waals surface area contributed by atoms with E-state index in [0.29, 0.717) is 6.61 Å². The lowest BCUT2D eigenvalue weighted by molar-refractivity contribution is -0.146. The number of esters is 1. The first-order valence-corrected chi connectivity index (χ1v) is 5.61. The SMILES string of the molecule is CCOC(=O)CN(C)C(=O)C#Cc1ccccc1. The van der Waals surface area contributed by atoms with Gasteiger partial charge in [0.1, 0.15) is 6.54 Å². The van der Waals surface area contributed by atoms with Gasteiger partial charge in [-0.05, 0) is 19.1 Å². The van der Waals surface area contributed by atoms with Gasteiger partial charge >= 0.3 is 5.97 Å². The zero-order valence-electron chi connectivity index (χ0n) is 10.5. The Hall–Kier alpha value is -2.28. The van der Waals surface area contributed by atoms with Crippen molar-refractivity contribution in [2.75, 3.05) is 20.2 Å². The van der Waals surface area contributed by atoms with Crippen molar-refractivity contribution >= 4 is 11.9 Å². The molecule has 0 N–H and O–H groups in total. The molecule has 1 aromatic carbocycles. The molecule has 1 aromatic rings. The van der Waals surface area contributed by atoms with Gasteiger partial charge in [-0.15, -0.1) is 0 Å². The highest BCUT2D eigenvalue weighted by atomic mass is 16.5. The maximum Gasteiger partial charge on any atom is 0.325 e. The van der Waals surface area contributed by atoms with Gasteiger partial charge in [0.15, 0.2) is 0 Å². The summed E-state index contributed by atoms with van der Waals surface area (Å²) in [6, 6.07) is 9.19. The number of likely N-dealkylation sites (N-methyl/N-ethyl adjacent to an activating group) is 1. The maximum absolute atomic E-state index is 11.6. The van der Waals surface area contributed by atoms with Crippen LogP contribution >= 0.6 is 0 Å². The summed E-state index contributed by atoms with van der Waals surface area (Å²) in [5, 5.41) is 0. The van der Waals surface area contributed by atoms with E-state index in [-0.39, 0.29) is 6.54 Å². The van der Waals surface area contributed by atoms with Crippen LogP contribution in [0.4, 0.5) is 0 Å². The Morgan fingerprint density at radius 2 is 1.94 bits per heavy atom. The minimum absolute atomic E-state index is 0.0872. The number of hydrogen-bond acceptors (Lipinski definition) is 3. The zero-order valence-corrected chi connectivity index (χ0v) is 10.5. The summed E-state index contributed by atoms with van der Waals surface area (Å²) in [6.07, 6.45) is 0. The lowest BCUT2D eigenvalue weighted by atomic mass is 10.2. The van der Waals surface area contributed by atoms with Crippen LogP contribution in [0.1, 0.15) is 12.5 Å². The summed E-state index contributed by atoms with van der Waals surface area (Å²) >= 11 is 0. The van der Waals surface area contributed by atoms with Crippen molar-refractivity contribution in [3.8, 4) is 11.8 Å². The molecule has 4 nitrogen and oxygen atoms in total. The van der Waals surface area contributed by atoms with E-state index in [9.17, 15) is 9.59 Å². The topological polar surface area (TPSA) is 46.6 Å². The van der Waals surface area contributed by atoms with E-state index in [0.717, 1.165) is 5.56 Å². The van der Waals surface area contributed by atoms with Gasteiger partial charge in [0.05, 0.1) is 6.61 Å². The van der Waals surface area contributed by atoms with Gasteiger partial charge in [-0.25, -0.2) is 0 Å². The lowest BCUT2D eigenvalue weighted by Gasteiger charge is -2.11. The molecule has 1 amide bonds. The highest BCUT2D eigenvalue weighted by molar-refractivity contribution is 5.95. The first-order valence-electron chi connectivity index (χ1n) is 5.61. The maximum atomic E-state index is 11.6. The lowest BCUT2D eigenvalue weighted by Crippen LogP contribution is -2.32. The van der Waals surface area contributed by atoms with Gasteiger partial charge in [0, 0.05) is 18.5 Å². The van der Waals surface area contributed by atoms with Gasteiger partial charge in [-0.1, -0.05) is 24.1 Å². The third kappa shape index (κ3) is 4.71. The molecule has 0 aliphatic carbocycles. The highest BCUT2D eigenvalue weighted by Gasteiger charge is 2.10. The predicted octanol–water partition coefficient (Wildman–Crippen LogP) is 1.06. The number of carbonyl (C=O) groups is 2. The molecule has 0 unspecified atom stereocenters. The fourth-order valence-electron chi connectivity index (χ4n) is 1.21. The van der Waals surface area contributed by atoms with Crippen LogP contribution in [0, 0.1) is 11.8 Å². The summed E-state index contributed by atoms with van der Waals surface area (Å²) in [5.74, 6) is 4.37. The zero-order chi connectivity index (χ0) is 13.4. The summed E-state index contributed by atoms with van der Waals surface area (Å²) in [4.78, 5) is 24.0. The van der Waals surface area contributed by atoms with Crippen LogP contribution < -0.4 is 0 Å². The molecule has 0 fully saturated rings. The van der Waals surface area contributed by atoms with Crippen LogP contribution in [0.15, 0.2) is 30.3 Å². The standard InChI is InChI=1S/C14H15NO3/c1-3-18-14(17)11-15(2)13(16)10-9-12-7-5-4-6-8-12/h4-8H,3,11H2,1-2H3. The number of benzene rings is 1. The van der Waals surface area contributed by atoms with Crippen molar-refractivity contribution in [3.05, 3.63) is 35.9 Å². The Morgan fingerprint density at radius 1 is 1.28 bits per heavy atom. The first-order chi connectivity index (χ1) is 8.63. The third-order valence-corrected chi connectivity index (χ3v) is 2.11. The molecule has 0 atom stereocenters. The van der Waals surface area contributed by atoms with Crippen molar-refractivity contribution in [1.82, 2.24) is 4.90 Å². The smallest absolute Gasteiger partial charge is 0.325 e. The molecule has 0 aromatic heterocycles. The minimum atomic E-state index is -0.435. The molecule has 4 heteroatoms. The van der Waals surface area contributed by atoms with Crippen molar-refractivity contribution in [2.45, 2.75) is 6.92 Å². The fourth-order valence-corrected chi connectivity index (χ4v) is 1.21. The largest absolute Gasteiger partial charge is 0.465 e. The van der Waals surface area contributed by atoms with Crippen molar-refractivity contribution < 1.29 is 14.3 Å². The molecule has 0 aliphatic rings. The first kappa shape index (κ1) is 13.8. The second-order valence-corrected chi connectivity index (χ2v) is 3.58. The third-order valence-electron chi connectivity index (χ3n) is 2.11. The Morgan fingerprint density at radius 3 is 2.56 bits per heavy atom. The van der Waals surface area contributed by atoms with Gasteiger partial charge in [0.25, 0.3) is 5.91 Å². The van der Waals surface area contributed by atoms with Gasteiger partial charge in [-0.3, -0.25) is 9.59 Å². The summed E-state index contributed by atoms with van der Waals surface area (Å²) in [6.45, 7) is 1.93. The summed E-state index contributed by atoms with van der Waals surface area (Å²) in [7, 11) is 1.51. The normalized spacial score (nSPS) is 9.00. The van der Waals surface area contributed by atoms with Crippen molar-refractivity contribution in [2.24, 2.45) is 0 Å². The van der Waals surface area contributed by atoms with Crippen LogP contribution in [0.25, 0.3) is 0 Å².